The van der Waals surface area contributed by atoms with E-state index in [1.165, 1.54) is 6.07 Å². The Morgan fingerprint density at radius 1 is 1.10 bits per heavy atom. The first kappa shape index (κ1) is 13.8. The fourth-order valence-corrected chi connectivity index (χ4v) is 2.61. The summed E-state index contributed by atoms with van der Waals surface area (Å²) in [6, 6.07) is 10.3. The van der Waals surface area contributed by atoms with Crippen LogP contribution in [0.2, 0.25) is 0 Å². The van der Waals surface area contributed by atoms with E-state index in [-0.39, 0.29) is 11.8 Å². The van der Waals surface area contributed by atoms with Crippen LogP contribution in [0.15, 0.2) is 48.5 Å². The largest absolute Gasteiger partial charge is 0.508 e. The molecule has 0 spiro atoms. The number of hydrogen-bond acceptors (Lipinski definition) is 2. The van der Waals surface area contributed by atoms with E-state index in [1.54, 1.807) is 18.2 Å². The summed E-state index contributed by atoms with van der Waals surface area (Å²) in [5.74, 6) is -0.675. The second-order valence-corrected chi connectivity index (χ2v) is 5.09. The van der Waals surface area contributed by atoms with Crippen LogP contribution in [-0.4, -0.2) is 11.7 Å². The third kappa shape index (κ3) is 2.95. The second-order valence-electron chi connectivity index (χ2n) is 5.09. The molecule has 2 N–H and O–H groups in total. The van der Waals surface area contributed by atoms with E-state index in [2.05, 4.69) is 5.32 Å². The van der Waals surface area contributed by atoms with Gasteiger partial charge in [-0.1, -0.05) is 18.2 Å². The molecule has 21 heavy (non-hydrogen) atoms. The van der Waals surface area contributed by atoms with Crippen molar-refractivity contribution in [2.45, 2.75) is 12.5 Å². The molecule has 2 aromatic rings. The molecule has 108 valence electrons. The van der Waals surface area contributed by atoms with Gasteiger partial charge in [0, 0.05) is 12.1 Å². The van der Waals surface area contributed by atoms with Gasteiger partial charge in [0.25, 0.3) is 0 Å². The average Bonchev–Trinajstić information content (AvgIpc) is 2.50. The smallest absolute Gasteiger partial charge is 0.130 e. The number of benzene rings is 2. The molecule has 1 aliphatic rings. The quantitative estimate of drug-likeness (QED) is 0.881. The predicted octanol–water partition coefficient (Wildman–Crippen LogP) is 3.79. The van der Waals surface area contributed by atoms with Crippen molar-refractivity contribution in [1.29, 1.82) is 0 Å². The number of hydrogen-bond donors (Lipinski definition) is 2. The lowest BCUT2D eigenvalue weighted by atomic mass is 9.93. The highest BCUT2D eigenvalue weighted by molar-refractivity contribution is 5.68. The molecule has 0 fully saturated rings. The third-order valence-corrected chi connectivity index (χ3v) is 3.63. The van der Waals surface area contributed by atoms with Gasteiger partial charge in [-0.3, -0.25) is 0 Å². The summed E-state index contributed by atoms with van der Waals surface area (Å²) in [4.78, 5) is 0. The molecule has 0 aromatic heterocycles. The molecule has 1 atom stereocenters. The first-order valence-electron chi connectivity index (χ1n) is 6.82. The minimum absolute atomic E-state index is 0.122. The van der Waals surface area contributed by atoms with Gasteiger partial charge in [0.15, 0.2) is 0 Å². The summed E-state index contributed by atoms with van der Waals surface area (Å²) in [5, 5.41) is 12.8. The van der Waals surface area contributed by atoms with Crippen molar-refractivity contribution in [2.24, 2.45) is 0 Å². The van der Waals surface area contributed by atoms with Crippen LogP contribution >= 0.6 is 0 Å². The van der Waals surface area contributed by atoms with Gasteiger partial charge in [0.05, 0.1) is 6.04 Å². The number of halogens is 2. The Labute approximate surface area is 121 Å². The van der Waals surface area contributed by atoms with Gasteiger partial charge in [0.1, 0.15) is 17.4 Å². The summed E-state index contributed by atoms with van der Waals surface area (Å²) >= 11 is 0. The standard InChI is InChI=1S/C17H15F2NO/c18-13-4-5-16(19)15(10-13)11-6-7-20-17(9-11)12-2-1-3-14(21)8-12/h1-5,8-10,17,20-21H,6-7H2. The first-order chi connectivity index (χ1) is 10.1. The van der Waals surface area contributed by atoms with Crippen LogP contribution in [0.5, 0.6) is 5.75 Å². The highest BCUT2D eigenvalue weighted by Gasteiger charge is 2.18. The van der Waals surface area contributed by atoms with E-state index in [0.29, 0.717) is 18.5 Å². The molecule has 3 rings (SSSR count). The molecule has 0 saturated heterocycles. The number of nitrogens with one attached hydrogen (secondary N) is 1. The van der Waals surface area contributed by atoms with E-state index < -0.39 is 11.6 Å². The Balaban J connectivity index is 1.98. The Kier molecular flexibility index (Phi) is 3.71. The molecule has 0 aliphatic carbocycles. The fourth-order valence-electron chi connectivity index (χ4n) is 2.61. The van der Waals surface area contributed by atoms with Gasteiger partial charge >= 0.3 is 0 Å². The minimum atomic E-state index is -0.445. The normalized spacial score (nSPS) is 18.4. The van der Waals surface area contributed by atoms with Crippen molar-refractivity contribution < 1.29 is 13.9 Å². The average molecular weight is 287 g/mol. The van der Waals surface area contributed by atoms with Crippen LogP contribution in [-0.2, 0) is 0 Å². The number of phenols is 1. The SMILES string of the molecule is Oc1cccc(C2C=C(c3cc(F)ccc3F)CCN2)c1. The van der Waals surface area contributed by atoms with Crippen molar-refractivity contribution in [3.05, 3.63) is 71.3 Å². The van der Waals surface area contributed by atoms with Crippen LogP contribution in [0, 0.1) is 11.6 Å². The number of aromatic hydroxyl groups is 1. The van der Waals surface area contributed by atoms with Crippen molar-refractivity contribution in [3.63, 3.8) is 0 Å². The van der Waals surface area contributed by atoms with Gasteiger partial charge in [-0.25, -0.2) is 8.78 Å². The zero-order chi connectivity index (χ0) is 14.8. The lowest BCUT2D eigenvalue weighted by Gasteiger charge is -2.24. The monoisotopic (exact) mass is 287 g/mol. The number of rotatable bonds is 2. The van der Waals surface area contributed by atoms with Gasteiger partial charge in [0.2, 0.25) is 0 Å². The molecule has 4 heteroatoms. The van der Waals surface area contributed by atoms with E-state index in [9.17, 15) is 13.9 Å². The van der Waals surface area contributed by atoms with Crippen LogP contribution < -0.4 is 5.32 Å². The molecule has 0 amide bonds. The molecule has 0 radical (unpaired) electrons. The maximum atomic E-state index is 13.9. The minimum Gasteiger partial charge on any atom is -0.508 e. The Morgan fingerprint density at radius 3 is 2.76 bits per heavy atom. The van der Waals surface area contributed by atoms with Gasteiger partial charge in [-0.15, -0.1) is 0 Å². The van der Waals surface area contributed by atoms with Gasteiger partial charge in [-0.05, 0) is 47.9 Å². The molecular formula is C17H15F2NO. The van der Waals surface area contributed by atoms with Crippen LogP contribution in [0.3, 0.4) is 0 Å². The molecule has 1 unspecified atom stereocenters. The van der Waals surface area contributed by atoms with Crippen LogP contribution in [0.4, 0.5) is 8.78 Å². The summed E-state index contributed by atoms with van der Waals surface area (Å²) in [7, 11) is 0. The molecule has 2 nitrogen and oxygen atoms in total. The van der Waals surface area contributed by atoms with Crippen molar-refractivity contribution in [2.75, 3.05) is 6.54 Å². The molecule has 0 bridgehead atoms. The van der Waals surface area contributed by atoms with Crippen molar-refractivity contribution in [1.82, 2.24) is 5.32 Å². The van der Waals surface area contributed by atoms with E-state index in [0.717, 1.165) is 23.3 Å². The second kappa shape index (κ2) is 5.66. The molecule has 1 aliphatic heterocycles. The van der Waals surface area contributed by atoms with Crippen LogP contribution in [0.1, 0.15) is 23.6 Å². The third-order valence-electron chi connectivity index (χ3n) is 3.63. The lowest BCUT2D eigenvalue weighted by molar-refractivity contribution is 0.473. The van der Waals surface area contributed by atoms with Crippen LogP contribution in [0.25, 0.3) is 5.57 Å². The maximum absolute atomic E-state index is 13.9. The Morgan fingerprint density at radius 2 is 1.95 bits per heavy atom. The van der Waals surface area contributed by atoms with Crippen molar-refractivity contribution >= 4 is 5.57 Å². The highest BCUT2D eigenvalue weighted by atomic mass is 19.1. The van der Waals surface area contributed by atoms with Gasteiger partial charge in [-0.2, -0.15) is 0 Å². The number of phenolic OH excluding ortho intramolecular Hbond substituents is 1. The molecular weight excluding hydrogens is 272 g/mol. The highest BCUT2D eigenvalue weighted by Crippen LogP contribution is 2.30. The summed E-state index contributed by atoms with van der Waals surface area (Å²) in [6.07, 6.45) is 2.52. The molecule has 2 aromatic carbocycles. The maximum Gasteiger partial charge on any atom is 0.130 e. The summed E-state index contributed by atoms with van der Waals surface area (Å²) < 4.78 is 27.2. The first-order valence-corrected chi connectivity index (χ1v) is 6.82. The van der Waals surface area contributed by atoms with E-state index >= 15 is 0 Å². The zero-order valence-electron chi connectivity index (χ0n) is 11.3. The van der Waals surface area contributed by atoms with Crippen molar-refractivity contribution in [3.8, 4) is 5.75 Å². The molecule has 0 saturated carbocycles. The predicted molar refractivity (Wildman–Crippen MR) is 77.8 cm³/mol. The topological polar surface area (TPSA) is 32.3 Å². The fraction of sp³-hybridized carbons (Fsp3) is 0.176. The zero-order valence-corrected chi connectivity index (χ0v) is 11.3. The summed E-state index contributed by atoms with van der Waals surface area (Å²) in [6.45, 7) is 0.669. The molecule has 1 heterocycles. The Hall–Kier alpha value is -2.20. The summed E-state index contributed by atoms with van der Waals surface area (Å²) in [5.41, 5.74) is 1.98. The van der Waals surface area contributed by atoms with E-state index in [1.807, 2.05) is 12.1 Å². The Bertz CT molecular complexity index is 697. The van der Waals surface area contributed by atoms with E-state index in [4.69, 9.17) is 0 Å². The van der Waals surface area contributed by atoms with Gasteiger partial charge < -0.3 is 10.4 Å². The lowest BCUT2D eigenvalue weighted by Crippen LogP contribution is -2.25.